The van der Waals surface area contributed by atoms with Crippen LogP contribution in [0.15, 0.2) is 17.5 Å². The minimum atomic E-state index is 0.319. The van der Waals surface area contributed by atoms with E-state index in [2.05, 4.69) is 9.97 Å². The molecule has 0 amide bonds. The van der Waals surface area contributed by atoms with E-state index in [4.69, 9.17) is 16.3 Å². The molecule has 0 aliphatic carbocycles. The van der Waals surface area contributed by atoms with Gasteiger partial charge in [-0.3, -0.25) is 0 Å². The lowest BCUT2D eigenvalue weighted by Crippen LogP contribution is -2.00. The molecule has 0 N–H and O–H groups in total. The molecular formula is C11H11ClN2OS. The smallest absolute Gasteiger partial charge is 0.252 e. The van der Waals surface area contributed by atoms with E-state index < -0.39 is 0 Å². The van der Waals surface area contributed by atoms with E-state index >= 15 is 0 Å². The highest BCUT2D eigenvalue weighted by molar-refractivity contribution is 7.09. The predicted molar refractivity (Wildman–Crippen MR) is 65.2 cm³/mol. The first-order chi connectivity index (χ1) is 7.66. The number of thiophene rings is 1. The van der Waals surface area contributed by atoms with Crippen LogP contribution in [0.2, 0.25) is 5.15 Å². The quantitative estimate of drug-likeness (QED) is 0.842. The summed E-state index contributed by atoms with van der Waals surface area (Å²) < 4.78 is 5.52. The van der Waals surface area contributed by atoms with Crippen molar-refractivity contribution in [3.8, 4) is 5.88 Å². The fraction of sp³-hybridized carbons (Fsp3) is 0.273. The molecule has 0 bridgehead atoms. The molecule has 0 atom stereocenters. The number of aromatic nitrogens is 2. The van der Waals surface area contributed by atoms with Gasteiger partial charge in [-0.25, -0.2) is 9.97 Å². The summed E-state index contributed by atoms with van der Waals surface area (Å²) in [6, 6.07) is 3.99. The third kappa shape index (κ3) is 2.51. The van der Waals surface area contributed by atoms with Crippen LogP contribution >= 0.6 is 22.9 Å². The molecule has 2 aromatic heterocycles. The first-order valence-corrected chi connectivity index (χ1v) is 6.08. The molecule has 2 rings (SSSR count). The number of halogens is 1. The lowest BCUT2D eigenvalue weighted by molar-refractivity contribution is 0.295. The lowest BCUT2D eigenvalue weighted by atomic mass is 10.3. The summed E-state index contributed by atoms with van der Waals surface area (Å²) in [4.78, 5) is 9.55. The Morgan fingerprint density at radius 2 is 2.06 bits per heavy atom. The molecule has 0 aromatic carbocycles. The second-order valence-corrected chi connectivity index (χ2v) is 4.75. The van der Waals surface area contributed by atoms with E-state index in [9.17, 15) is 0 Å². The summed E-state index contributed by atoms with van der Waals surface area (Å²) >= 11 is 7.59. The van der Waals surface area contributed by atoms with Gasteiger partial charge in [-0.05, 0) is 25.3 Å². The number of aryl methyl sites for hydroxylation is 2. The number of rotatable bonds is 3. The van der Waals surface area contributed by atoms with Crippen LogP contribution in [-0.4, -0.2) is 9.97 Å². The van der Waals surface area contributed by atoms with Crippen LogP contribution in [0.4, 0.5) is 0 Å². The number of ether oxygens (including phenoxy) is 1. The molecule has 5 heteroatoms. The van der Waals surface area contributed by atoms with E-state index in [1.807, 2.05) is 31.4 Å². The fourth-order valence-corrected chi connectivity index (χ4v) is 2.02. The minimum Gasteiger partial charge on any atom is -0.470 e. The molecule has 0 unspecified atom stereocenters. The zero-order valence-corrected chi connectivity index (χ0v) is 10.6. The van der Waals surface area contributed by atoms with Gasteiger partial charge in [0.2, 0.25) is 0 Å². The van der Waals surface area contributed by atoms with Crippen molar-refractivity contribution in [2.45, 2.75) is 20.5 Å². The largest absolute Gasteiger partial charge is 0.470 e. The molecule has 0 aliphatic rings. The van der Waals surface area contributed by atoms with Gasteiger partial charge in [0.15, 0.2) is 5.15 Å². The number of nitrogens with zero attached hydrogens (tertiary/aromatic N) is 2. The molecule has 16 heavy (non-hydrogen) atoms. The Morgan fingerprint density at radius 1 is 1.31 bits per heavy atom. The number of hydrogen-bond donors (Lipinski definition) is 0. The van der Waals surface area contributed by atoms with Crippen molar-refractivity contribution in [2.75, 3.05) is 0 Å². The summed E-state index contributed by atoms with van der Waals surface area (Å²) in [6.07, 6.45) is 0. The van der Waals surface area contributed by atoms with Gasteiger partial charge in [0.05, 0.1) is 11.4 Å². The van der Waals surface area contributed by atoms with Gasteiger partial charge in [-0.2, -0.15) is 0 Å². The normalized spacial score (nSPS) is 10.4. The molecule has 0 fully saturated rings. The van der Waals surface area contributed by atoms with E-state index in [-0.39, 0.29) is 0 Å². The summed E-state index contributed by atoms with van der Waals surface area (Å²) in [7, 11) is 0. The molecule has 0 saturated carbocycles. The topological polar surface area (TPSA) is 35.0 Å². The average molecular weight is 255 g/mol. The molecule has 0 spiro atoms. The highest BCUT2D eigenvalue weighted by atomic mass is 35.5. The Kier molecular flexibility index (Phi) is 3.41. The second kappa shape index (κ2) is 4.80. The molecule has 0 saturated heterocycles. The maximum atomic E-state index is 5.95. The third-order valence-electron chi connectivity index (χ3n) is 2.17. The van der Waals surface area contributed by atoms with Crippen LogP contribution < -0.4 is 4.74 Å². The van der Waals surface area contributed by atoms with Gasteiger partial charge < -0.3 is 4.74 Å². The Labute approximate surface area is 103 Å². The van der Waals surface area contributed by atoms with Crippen molar-refractivity contribution < 1.29 is 4.74 Å². The molecule has 0 radical (unpaired) electrons. The van der Waals surface area contributed by atoms with E-state index in [0.29, 0.717) is 17.6 Å². The van der Waals surface area contributed by atoms with Gasteiger partial charge in [0.1, 0.15) is 6.61 Å². The molecule has 3 nitrogen and oxygen atoms in total. The highest BCUT2D eigenvalue weighted by Gasteiger charge is 2.08. The maximum Gasteiger partial charge on any atom is 0.252 e. The Hall–Kier alpha value is -1.13. The van der Waals surface area contributed by atoms with Crippen LogP contribution in [0.5, 0.6) is 5.88 Å². The van der Waals surface area contributed by atoms with Crippen molar-refractivity contribution in [1.29, 1.82) is 0 Å². The predicted octanol–water partition coefficient (Wildman–Crippen LogP) is 3.39. The Morgan fingerprint density at radius 3 is 2.75 bits per heavy atom. The zero-order valence-electron chi connectivity index (χ0n) is 9.03. The lowest BCUT2D eigenvalue weighted by Gasteiger charge is -2.07. The number of hydrogen-bond acceptors (Lipinski definition) is 4. The van der Waals surface area contributed by atoms with Crippen molar-refractivity contribution in [3.63, 3.8) is 0 Å². The maximum absolute atomic E-state index is 5.95. The molecule has 0 aliphatic heterocycles. The average Bonchev–Trinajstić information content (AvgIpc) is 2.74. The SMILES string of the molecule is Cc1nc(Cl)c(OCc2cccs2)nc1C. The van der Waals surface area contributed by atoms with Gasteiger partial charge in [-0.15, -0.1) is 11.3 Å². The summed E-state index contributed by atoms with van der Waals surface area (Å²) in [6.45, 7) is 4.24. The van der Waals surface area contributed by atoms with Gasteiger partial charge in [-0.1, -0.05) is 17.7 Å². The molecular weight excluding hydrogens is 244 g/mol. The fourth-order valence-electron chi connectivity index (χ4n) is 1.18. The molecule has 2 heterocycles. The van der Waals surface area contributed by atoms with Crippen molar-refractivity contribution in [3.05, 3.63) is 38.9 Å². The van der Waals surface area contributed by atoms with Crippen LogP contribution in [-0.2, 0) is 6.61 Å². The third-order valence-corrected chi connectivity index (χ3v) is 3.26. The van der Waals surface area contributed by atoms with Crippen LogP contribution in [0.25, 0.3) is 0 Å². The van der Waals surface area contributed by atoms with Crippen molar-refractivity contribution in [2.24, 2.45) is 0 Å². The summed E-state index contributed by atoms with van der Waals surface area (Å²) in [5.74, 6) is 0.401. The van der Waals surface area contributed by atoms with Crippen LogP contribution in [0.3, 0.4) is 0 Å². The van der Waals surface area contributed by atoms with E-state index in [0.717, 1.165) is 16.3 Å². The monoisotopic (exact) mass is 254 g/mol. The molecule has 2 aromatic rings. The standard InChI is InChI=1S/C11H11ClN2OS/c1-7-8(2)14-11(10(12)13-7)15-6-9-4-3-5-16-9/h3-5H,6H2,1-2H3. The van der Waals surface area contributed by atoms with Crippen molar-refractivity contribution >= 4 is 22.9 Å². The van der Waals surface area contributed by atoms with Gasteiger partial charge in [0.25, 0.3) is 5.88 Å². The highest BCUT2D eigenvalue weighted by Crippen LogP contribution is 2.22. The minimum absolute atomic E-state index is 0.319. The van der Waals surface area contributed by atoms with E-state index in [1.165, 1.54) is 0 Å². The second-order valence-electron chi connectivity index (χ2n) is 3.36. The van der Waals surface area contributed by atoms with Gasteiger partial charge >= 0.3 is 0 Å². The zero-order chi connectivity index (χ0) is 11.5. The van der Waals surface area contributed by atoms with E-state index in [1.54, 1.807) is 11.3 Å². The van der Waals surface area contributed by atoms with Gasteiger partial charge in [0, 0.05) is 4.88 Å². The van der Waals surface area contributed by atoms with Crippen LogP contribution in [0.1, 0.15) is 16.3 Å². The molecule has 84 valence electrons. The first-order valence-electron chi connectivity index (χ1n) is 4.82. The summed E-state index contributed by atoms with van der Waals surface area (Å²) in [5.41, 5.74) is 1.67. The Bertz CT molecular complexity index is 485. The Balaban J connectivity index is 2.12. The summed E-state index contributed by atoms with van der Waals surface area (Å²) in [5, 5.41) is 2.33. The first kappa shape index (κ1) is 11.4. The van der Waals surface area contributed by atoms with Crippen molar-refractivity contribution in [1.82, 2.24) is 9.97 Å². The van der Waals surface area contributed by atoms with Crippen LogP contribution in [0, 0.1) is 13.8 Å².